The van der Waals surface area contributed by atoms with E-state index < -0.39 is 0 Å². The lowest BCUT2D eigenvalue weighted by molar-refractivity contribution is -0.118. The molecule has 7 nitrogen and oxygen atoms in total. The summed E-state index contributed by atoms with van der Waals surface area (Å²) < 4.78 is 0. The number of carbonyl (C=O) groups is 1. The van der Waals surface area contributed by atoms with Crippen LogP contribution in [0.3, 0.4) is 0 Å². The Kier molecular flexibility index (Phi) is 3.98. The molecular formula is C17H20N6O. The Bertz CT molecular complexity index is 729. The van der Waals surface area contributed by atoms with Gasteiger partial charge in [-0.3, -0.25) is 4.79 Å². The Morgan fingerprint density at radius 1 is 1.04 bits per heavy atom. The minimum Gasteiger partial charge on any atom is -0.352 e. The van der Waals surface area contributed by atoms with Crippen molar-refractivity contribution in [2.24, 2.45) is 0 Å². The Morgan fingerprint density at radius 3 is 2.71 bits per heavy atom. The van der Waals surface area contributed by atoms with Crippen molar-refractivity contribution in [2.75, 3.05) is 42.5 Å². The number of aryl methyl sites for hydroxylation is 1. The quantitative estimate of drug-likeness (QED) is 0.791. The molecule has 3 heterocycles. The minimum atomic E-state index is 0.650. The van der Waals surface area contributed by atoms with Gasteiger partial charge in [-0.15, -0.1) is 5.10 Å². The number of fused-ring (bicyclic) bond motifs is 1. The number of para-hydroxylation sites is 1. The maximum Gasteiger partial charge on any atom is 0.251 e. The average Bonchev–Trinajstić information content (AvgIpc) is 2.68. The number of amides is 1. The van der Waals surface area contributed by atoms with E-state index in [-0.39, 0.29) is 0 Å². The molecule has 0 spiro atoms. The summed E-state index contributed by atoms with van der Waals surface area (Å²) in [5.74, 6) is 1.48. The van der Waals surface area contributed by atoms with Crippen molar-refractivity contribution in [3.63, 3.8) is 0 Å². The maximum atomic E-state index is 10.8. The standard InChI is InChI=1S/C17H20N6O/c24-13-21-8-10-22(11-9-21)16-12-18-20-17(19-16)23-7-3-5-14-4-1-2-6-15(14)23/h1-2,4,6,12-13H,3,5,7-11H2. The second kappa shape index (κ2) is 6.43. The number of nitrogens with zero attached hydrogens (tertiary/aromatic N) is 6. The third-order valence-corrected chi connectivity index (χ3v) is 4.67. The first-order chi connectivity index (χ1) is 11.8. The lowest BCUT2D eigenvalue weighted by Crippen LogP contribution is -2.46. The number of aromatic nitrogens is 3. The fourth-order valence-corrected chi connectivity index (χ4v) is 3.35. The summed E-state index contributed by atoms with van der Waals surface area (Å²) in [6.45, 7) is 3.88. The van der Waals surface area contributed by atoms with Crippen molar-refractivity contribution >= 4 is 23.9 Å². The molecule has 2 aromatic rings. The van der Waals surface area contributed by atoms with Gasteiger partial charge in [-0.05, 0) is 24.5 Å². The van der Waals surface area contributed by atoms with Gasteiger partial charge in [-0.1, -0.05) is 18.2 Å². The van der Waals surface area contributed by atoms with Crippen LogP contribution in [0.5, 0.6) is 0 Å². The van der Waals surface area contributed by atoms with Gasteiger partial charge in [0.25, 0.3) is 5.95 Å². The van der Waals surface area contributed by atoms with Crippen molar-refractivity contribution in [1.29, 1.82) is 0 Å². The molecule has 4 rings (SSSR count). The zero-order valence-electron chi connectivity index (χ0n) is 13.5. The monoisotopic (exact) mass is 324 g/mol. The van der Waals surface area contributed by atoms with Crippen molar-refractivity contribution in [2.45, 2.75) is 12.8 Å². The molecule has 0 saturated carbocycles. The Morgan fingerprint density at radius 2 is 1.88 bits per heavy atom. The second-order valence-corrected chi connectivity index (χ2v) is 6.13. The number of benzene rings is 1. The van der Waals surface area contributed by atoms with E-state index in [9.17, 15) is 4.79 Å². The fourth-order valence-electron chi connectivity index (χ4n) is 3.35. The number of rotatable bonds is 3. The van der Waals surface area contributed by atoms with Crippen molar-refractivity contribution in [1.82, 2.24) is 20.1 Å². The Labute approximate surface area is 140 Å². The van der Waals surface area contributed by atoms with Crippen molar-refractivity contribution in [3.8, 4) is 0 Å². The molecule has 7 heteroatoms. The van der Waals surface area contributed by atoms with E-state index >= 15 is 0 Å². The topological polar surface area (TPSA) is 65.5 Å². The first-order valence-electron chi connectivity index (χ1n) is 8.34. The van der Waals surface area contributed by atoms with Gasteiger partial charge in [-0.25, -0.2) is 0 Å². The largest absolute Gasteiger partial charge is 0.352 e. The molecule has 1 aromatic carbocycles. The lowest BCUT2D eigenvalue weighted by atomic mass is 10.0. The van der Waals surface area contributed by atoms with E-state index in [1.807, 2.05) is 6.07 Å². The van der Waals surface area contributed by atoms with Crippen LogP contribution in [0, 0.1) is 0 Å². The molecule has 1 saturated heterocycles. The van der Waals surface area contributed by atoms with Gasteiger partial charge in [-0.2, -0.15) is 10.1 Å². The summed E-state index contributed by atoms with van der Waals surface area (Å²) in [6.07, 6.45) is 4.79. The highest BCUT2D eigenvalue weighted by molar-refractivity contribution is 5.63. The average molecular weight is 324 g/mol. The fraction of sp³-hybridized carbons (Fsp3) is 0.412. The molecule has 1 amide bonds. The third kappa shape index (κ3) is 2.77. The van der Waals surface area contributed by atoms with Gasteiger partial charge < -0.3 is 14.7 Å². The van der Waals surface area contributed by atoms with E-state index in [4.69, 9.17) is 4.98 Å². The molecule has 124 valence electrons. The number of hydrogen-bond donors (Lipinski definition) is 0. The Balaban J connectivity index is 1.59. The summed E-state index contributed by atoms with van der Waals surface area (Å²) in [5.41, 5.74) is 2.51. The highest BCUT2D eigenvalue weighted by Gasteiger charge is 2.22. The van der Waals surface area contributed by atoms with Crippen LogP contribution in [0.15, 0.2) is 30.5 Å². The zero-order valence-corrected chi connectivity index (χ0v) is 13.5. The predicted octanol–water partition coefficient (Wildman–Crippen LogP) is 1.23. The van der Waals surface area contributed by atoms with Crippen LogP contribution in [0.4, 0.5) is 17.5 Å². The molecule has 24 heavy (non-hydrogen) atoms. The van der Waals surface area contributed by atoms with Crippen LogP contribution in [-0.2, 0) is 11.2 Å². The van der Waals surface area contributed by atoms with Gasteiger partial charge in [0, 0.05) is 38.4 Å². The van der Waals surface area contributed by atoms with Crippen LogP contribution in [0.25, 0.3) is 0 Å². The molecule has 0 atom stereocenters. The number of hydrogen-bond acceptors (Lipinski definition) is 6. The van der Waals surface area contributed by atoms with Gasteiger partial charge in [0.1, 0.15) is 0 Å². The minimum absolute atomic E-state index is 0.650. The van der Waals surface area contributed by atoms with Gasteiger partial charge in [0.05, 0.1) is 6.20 Å². The van der Waals surface area contributed by atoms with Crippen LogP contribution in [-0.4, -0.2) is 59.2 Å². The van der Waals surface area contributed by atoms with E-state index in [1.165, 1.54) is 11.3 Å². The van der Waals surface area contributed by atoms with Gasteiger partial charge in [0.15, 0.2) is 5.82 Å². The molecule has 0 N–H and O–H groups in total. The SMILES string of the molecule is O=CN1CCN(c2cnnc(N3CCCc4ccccc43)n2)CC1. The van der Waals surface area contributed by atoms with Crippen LogP contribution >= 0.6 is 0 Å². The second-order valence-electron chi connectivity index (χ2n) is 6.13. The molecule has 2 aliphatic rings. The molecule has 0 bridgehead atoms. The van der Waals surface area contributed by atoms with Crippen molar-refractivity contribution in [3.05, 3.63) is 36.0 Å². The van der Waals surface area contributed by atoms with E-state index in [2.05, 4.69) is 38.2 Å². The number of carbonyl (C=O) groups excluding carboxylic acids is 1. The first kappa shape index (κ1) is 14.9. The molecule has 0 unspecified atom stereocenters. The highest BCUT2D eigenvalue weighted by atomic mass is 16.1. The maximum absolute atomic E-state index is 10.8. The van der Waals surface area contributed by atoms with Gasteiger partial charge in [0.2, 0.25) is 6.41 Å². The smallest absolute Gasteiger partial charge is 0.251 e. The molecule has 0 radical (unpaired) electrons. The summed E-state index contributed by atoms with van der Waals surface area (Å²) in [4.78, 5) is 21.7. The van der Waals surface area contributed by atoms with Crippen LogP contribution < -0.4 is 9.80 Å². The lowest BCUT2D eigenvalue weighted by Gasteiger charge is -2.34. The molecule has 1 fully saturated rings. The van der Waals surface area contributed by atoms with E-state index in [1.54, 1.807) is 11.1 Å². The van der Waals surface area contributed by atoms with E-state index in [0.29, 0.717) is 5.95 Å². The van der Waals surface area contributed by atoms with Gasteiger partial charge >= 0.3 is 0 Å². The summed E-state index contributed by atoms with van der Waals surface area (Å²) in [7, 11) is 0. The molecule has 0 aliphatic carbocycles. The number of anilines is 3. The summed E-state index contributed by atoms with van der Waals surface area (Å²) in [6, 6.07) is 8.41. The third-order valence-electron chi connectivity index (χ3n) is 4.67. The highest BCUT2D eigenvalue weighted by Crippen LogP contribution is 2.31. The predicted molar refractivity (Wildman–Crippen MR) is 91.4 cm³/mol. The first-order valence-corrected chi connectivity index (χ1v) is 8.34. The van der Waals surface area contributed by atoms with Crippen LogP contribution in [0.2, 0.25) is 0 Å². The number of piperazine rings is 1. The molecule has 1 aromatic heterocycles. The summed E-state index contributed by atoms with van der Waals surface area (Å²) >= 11 is 0. The van der Waals surface area contributed by atoms with Crippen LogP contribution in [0.1, 0.15) is 12.0 Å². The molecular weight excluding hydrogens is 304 g/mol. The zero-order chi connectivity index (χ0) is 16.4. The normalized spacial score (nSPS) is 17.6. The van der Waals surface area contributed by atoms with Crippen molar-refractivity contribution < 1.29 is 4.79 Å². The Hall–Kier alpha value is -2.70. The molecule has 2 aliphatic heterocycles. The van der Waals surface area contributed by atoms with E-state index in [0.717, 1.165) is 57.8 Å². The summed E-state index contributed by atoms with van der Waals surface area (Å²) in [5, 5.41) is 8.43.